The molecule has 0 aliphatic rings. The molecule has 0 nitrogen and oxygen atoms in total. The average molecular weight is 544 g/mol. The van der Waals surface area contributed by atoms with Gasteiger partial charge in [-0.05, 0) is 0 Å². The SMILES string of the molecule is FC(F)(F)C(F)(F)C(F)(F)C(F)(F)C(F)(F)C(F)(F)C(F)(F)C(F)(F)c1cc[c-]cc1.[C-]#C.[Mg+2]. The molecule has 1 rings (SSSR count). The summed E-state index contributed by atoms with van der Waals surface area (Å²) >= 11 is 0. The molecular weight excluding hydrogens is 539 g/mol. The van der Waals surface area contributed by atoms with Crippen LogP contribution < -0.4 is 0 Å². The molecule has 0 radical (unpaired) electrons. The Morgan fingerprint density at radius 2 is 0.765 bits per heavy atom. The molecular formula is C16H5F17Mg. The first-order valence-electron chi connectivity index (χ1n) is 7.32. The van der Waals surface area contributed by atoms with Gasteiger partial charge in [0.15, 0.2) is 0 Å². The molecule has 190 valence electrons. The van der Waals surface area contributed by atoms with E-state index in [4.69, 9.17) is 6.42 Å². The van der Waals surface area contributed by atoms with Crippen molar-refractivity contribution >= 4 is 23.1 Å². The molecule has 0 unspecified atom stereocenters. The molecule has 0 saturated heterocycles. The van der Waals surface area contributed by atoms with Crippen LogP contribution in [0.1, 0.15) is 5.56 Å². The summed E-state index contributed by atoms with van der Waals surface area (Å²) in [6.45, 7) is 0. The van der Waals surface area contributed by atoms with Gasteiger partial charge in [-0.1, -0.05) is 5.56 Å². The molecule has 18 heteroatoms. The maximum atomic E-state index is 13.7. The zero-order valence-corrected chi connectivity index (χ0v) is 16.9. The second-order valence-electron chi connectivity index (χ2n) is 5.81. The predicted octanol–water partition coefficient (Wildman–Crippen LogP) is 6.78. The van der Waals surface area contributed by atoms with Crippen LogP contribution in [0.25, 0.3) is 0 Å². The van der Waals surface area contributed by atoms with Crippen LogP contribution in [0, 0.1) is 18.9 Å². The van der Waals surface area contributed by atoms with Crippen LogP contribution in [-0.4, -0.2) is 64.8 Å². The maximum absolute atomic E-state index is 13.7. The standard InChI is InChI=1S/C14H4F17.C2H.Mg/c15-7(16,6-4-2-1-3-5-6)8(17,18)9(19,20)10(21,22)11(23,24)12(25,26)13(27,28)14(29,30)31;1-2;/h2-5H;1H;/q2*-1;+2. The van der Waals surface area contributed by atoms with Gasteiger partial charge in [-0.25, -0.2) is 0 Å². The fraction of sp³-hybridized carbons (Fsp3) is 0.500. The first-order chi connectivity index (χ1) is 14.4. The van der Waals surface area contributed by atoms with Crippen molar-refractivity contribution in [3.63, 3.8) is 0 Å². The van der Waals surface area contributed by atoms with Crippen LogP contribution >= 0.6 is 0 Å². The number of hydrogen-bond donors (Lipinski definition) is 0. The quantitative estimate of drug-likeness (QED) is 0.154. The van der Waals surface area contributed by atoms with E-state index in [1.807, 2.05) is 6.07 Å². The van der Waals surface area contributed by atoms with E-state index in [0.717, 1.165) is 0 Å². The zero-order valence-electron chi connectivity index (χ0n) is 15.5. The van der Waals surface area contributed by atoms with E-state index in [1.165, 1.54) is 0 Å². The molecule has 0 spiro atoms. The minimum Gasteiger partial charge on any atom is -0.697 e. The van der Waals surface area contributed by atoms with E-state index < -0.39 is 53.2 Å². The molecule has 0 aliphatic heterocycles. The average Bonchev–Trinajstić information content (AvgIpc) is 2.68. The Kier molecular flexibility index (Phi) is 9.93. The molecule has 0 saturated carbocycles. The minimum absolute atomic E-state index is 0. The number of benzene rings is 1. The molecule has 1 aromatic carbocycles. The van der Waals surface area contributed by atoms with E-state index in [-0.39, 0.29) is 35.2 Å². The summed E-state index contributed by atoms with van der Waals surface area (Å²) in [5, 5.41) is 0. The van der Waals surface area contributed by atoms with Crippen LogP contribution in [0.3, 0.4) is 0 Å². The second kappa shape index (κ2) is 9.78. The molecule has 34 heavy (non-hydrogen) atoms. The fourth-order valence-corrected chi connectivity index (χ4v) is 1.94. The van der Waals surface area contributed by atoms with Gasteiger partial charge in [0, 0.05) is 0 Å². The minimum atomic E-state index is -8.62. The van der Waals surface area contributed by atoms with Gasteiger partial charge in [-0.2, -0.15) is 105 Å². The van der Waals surface area contributed by atoms with Gasteiger partial charge < -0.3 is 12.8 Å². The fourth-order valence-electron chi connectivity index (χ4n) is 1.94. The number of hydrogen-bond acceptors (Lipinski definition) is 0. The van der Waals surface area contributed by atoms with Gasteiger partial charge in [0.1, 0.15) is 0 Å². The van der Waals surface area contributed by atoms with Crippen LogP contribution in [-0.2, 0) is 5.92 Å². The summed E-state index contributed by atoms with van der Waals surface area (Å²) in [5.41, 5.74) is -2.26. The Morgan fingerprint density at radius 1 is 0.500 bits per heavy atom. The van der Waals surface area contributed by atoms with Crippen molar-refractivity contribution in [2.45, 2.75) is 47.6 Å². The van der Waals surface area contributed by atoms with Gasteiger partial charge in [0.25, 0.3) is 0 Å². The smallest absolute Gasteiger partial charge is 0.697 e. The van der Waals surface area contributed by atoms with Gasteiger partial charge >= 0.3 is 70.7 Å². The number of rotatable bonds is 7. The van der Waals surface area contributed by atoms with Crippen LogP contribution in [0.2, 0.25) is 0 Å². The van der Waals surface area contributed by atoms with Gasteiger partial charge in [0.2, 0.25) is 0 Å². The first-order valence-corrected chi connectivity index (χ1v) is 7.32. The van der Waals surface area contributed by atoms with Crippen LogP contribution in [0.5, 0.6) is 0 Å². The van der Waals surface area contributed by atoms with E-state index in [0.29, 0.717) is 12.1 Å². The third kappa shape index (κ3) is 4.61. The van der Waals surface area contributed by atoms with Crippen LogP contribution in [0.15, 0.2) is 24.3 Å². The van der Waals surface area contributed by atoms with Crippen LogP contribution in [0.4, 0.5) is 74.6 Å². The Labute approximate surface area is 194 Å². The molecule has 0 amide bonds. The number of halogens is 17. The molecule has 0 heterocycles. The van der Waals surface area contributed by atoms with Gasteiger partial charge in [-0.15, -0.1) is 0 Å². The molecule has 0 atom stereocenters. The summed E-state index contributed by atoms with van der Waals surface area (Å²) in [4.78, 5) is 0. The van der Waals surface area contributed by atoms with E-state index in [2.05, 4.69) is 6.42 Å². The Bertz CT molecular complexity index is 823. The summed E-state index contributed by atoms with van der Waals surface area (Å²) in [6, 6.07) is 2.20. The van der Waals surface area contributed by atoms with E-state index >= 15 is 0 Å². The van der Waals surface area contributed by atoms with E-state index in [1.54, 1.807) is 0 Å². The monoisotopic (exact) mass is 544 g/mol. The summed E-state index contributed by atoms with van der Waals surface area (Å²) < 4.78 is 222. The number of alkyl halides is 17. The van der Waals surface area contributed by atoms with Crippen molar-refractivity contribution in [1.29, 1.82) is 0 Å². The largest absolute Gasteiger partial charge is 2.00 e. The van der Waals surface area contributed by atoms with Crippen molar-refractivity contribution in [1.82, 2.24) is 0 Å². The molecule has 0 aromatic heterocycles. The maximum Gasteiger partial charge on any atom is 2.00 e. The predicted molar refractivity (Wildman–Crippen MR) is 78.9 cm³/mol. The summed E-state index contributed by atoms with van der Waals surface area (Å²) in [5.74, 6) is -56.4. The number of terminal acetylenes is 1. The Morgan fingerprint density at radius 3 is 1.06 bits per heavy atom. The van der Waals surface area contributed by atoms with Crippen molar-refractivity contribution in [2.24, 2.45) is 0 Å². The normalized spacial score (nSPS) is 14.6. The van der Waals surface area contributed by atoms with Gasteiger partial charge in [0.05, 0.1) is 0 Å². The Balaban J connectivity index is 0. The summed E-state index contributed by atoms with van der Waals surface area (Å²) in [7, 11) is 0. The molecule has 0 N–H and O–H groups in total. The van der Waals surface area contributed by atoms with Crippen molar-refractivity contribution in [3.05, 3.63) is 42.3 Å². The second-order valence-corrected chi connectivity index (χ2v) is 5.81. The molecule has 1 aromatic rings. The third-order valence-electron chi connectivity index (χ3n) is 3.80. The van der Waals surface area contributed by atoms with Crippen molar-refractivity contribution < 1.29 is 74.6 Å². The molecule has 0 aliphatic carbocycles. The van der Waals surface area contributed by atoms with E-state index in [9.17, 15) is 74.6 Å². The third-order valence-corrected chi connectivity index (χ3v) is 3.80. The molecule has 0 fully saturated rings. The zero-order chi connectivity index (χ0) is 27.1. The van der Waals surface area contributed by atoms with Crippen molar-refractivity contribution in [3.8, 4) is 6.42 Å². The first kappa shape index (κ1) is 34.5. The topological polar surface area (TPSA) is 0 Å². The summed E-state index contributed by atoms with van der Waals surface area (Å²) in [6.07, 6.45) is 1.23. The van der Waals surface area contributed by atoms with Gasteiger partial charge in [-0.3, -0.25) is 0 Å². The Hall–Kier alpha value is -1.64. The molecule has 0 bridgehead atoms. The van der Waals surface area contributed by atoms with Crippen molar-refractivity contribution in [2.75, 3.05) is 0 Å².